The first-order valence-corrected chi connectivity index (χ1v) is 6.51. The van der Waals surface area contributed by atoms with Gasteiger partial charge in [0.25, 0.3) is 0 Å². The van der Waals surface area contributed by atoms with Crippen LogP contribution in [0.3, 0.4) is 0 Å². The maximum absolute atomic E-state index is 10.6. The first kappa shape index (κ1) is 11.9. The van der Waals surface area contributed by atoms with Gasteiger partial charge in [0.15, 0.2) is 0 Å². The molecule has 1 unspecified atom stereocenters. The van der Waals surface area contributed by atoms with Crippen molar-refractivity contribution >= 4 is 6.41 Å². The van der Waals surface area contributed by atoms with E-state index >= 15 is 0 Å². The summed E-state index contributed by atoms with van der Waals surface area (Å²) >= 11 is 0. The van der Waals surface area contributed by atoms with Gasteiger partial charge >= 0.3 is 0 Å². The van der Waals surface area contributed by atoms with E-state index in [2.05, 4.69) is 10.2 Å². The predicted octanol–water partition coefficient (Wildman–Crippen LogP) is 0.150. The van der Waals surface area contributed by atoms with Crippen molar-refractivity contribution in [3.8, 4) is 0 Å². The van der Waals surface area contributed by atoms with Gasteiger partial charge in [0.2, 0.25) is 6.41 Å². The molecule has 16 heavy (non-hydrogen) atoms. The third-order valence-electron chi connectivity index (χ3n) is 3.81. The highest BCUT2D eigenvalue weighted by atomic mass is 16.1. The third kappa shape index (κ3) is 3.46. The lowest BCUT2D eigenvalue weighted by molar-refractivity contribution is -0.119. The van der Waals surface area contributed by atoms with E-state index in [1.165, 1.54) is 38.9 Å². The molecule has 2 aliphatic heterocycles. The summed E-state index contributed by atoms with van der Waals surface area (Å²) in [5, 5.41) is 3.47. The lowest BCUT2D eigenvalue weighted by Crippen LogP contribution is -2.46. The number of carbonyl (C=O) groups is 1. The quantitative estimate of drug-likeness (QED) is 0.692. The van der Waals surface area contributed by atoms with Crippen LogP contribution in [0, 0.1) is 5.92 Å². The Bertz CT molecular complexity index is 208. The Morgan fingerprint density at radius 1 is 1.25 bits per heavy atom. The van der Waals surface area contributed by atoms with Crippen LogP contribution in [-0.4, -0.2) is 62.0 Å². The van der Waals surface area contributed by atoms with E-state index in [0.717, 1.165) is 38.5 Å². The fourth-order valence-corrected chi connectivity index (χ4v) is 2.63. The van der Waals surface area contributed by atoms with Crippen LogP contribution in [0.2, 0.25) is 0 Å². The van der Waals surface area contributed by atoms with Crippen LogP contribution >= 0.6 is 0 Å². The Kier molecular flexibility index (Phi) is 4.60. The molecule has 0 bridgehead atoms. The minimum Gasteiger partial charge on any atom is -0.343 e. The standard InChI is InChI=1S/C12H23N3O/c16-11-15-8-6-14(7-9-15)5-3-12-2-1-4-13-10-12/h11-13H,1-10H2. The normalized spacial score (nSPS) is 28.0. The van der Waals surface area contributed by atoms with Gasteiger partial charge in [-0.05, 0) is 44.8 Å². The second-order valence-electron chi connectivity index (χ2n) is 4.98. The minimum absolute atomic E-state index is 0.873. The molecular weight excluding hydrogens is 202 g/mol. The van der Waals surface area contributed by atoms with Crippen LogP contribution in [0.5, 0.6) is 0 Å². The number of piperidine rings is 1. The van der Waals surface area contributed by atoms with E-state index < -0.39 is 0 Å². The van der Waals surface area contributed by atoms with Crippen LogP contribution in [0.25, 0.3) is 0 Å². The molecule has 2 fully saturated rings. The molecule has 0 aromatic carbocycles. The summed E-state index contributed by atoms with van der Waals surface area (Å²) in [6, 6.07) is 0. The van der Waals surface area contributed by atoms with Crippen LogP contribution in [0.1, 0.15) is 19.3 Å². The van der Waals surface area contributed by atoms with Crippen molar-refractivity contribution in [2.75, 3.05) is 45.8 Å². The summed E-state index contributed by atoms with van der Waals surface area (Å²) in [5.74, 6) is 0.873. The first-order valence-electron chi connectivity index (χ1n) is 6.51. The molecular formula is C12H23N3O. The van der Waals surface area contributed by atoms with Crippen LogP contribution < -0.4 is 5.32 Å². The van der Waals surface area contributed by atoms with E-state index in [1.807, 2.05) is 4.90 Å². The molecule has 0 aromatic rings. The smallest absolute Gasteiger partial charge is 0.209 e. The summed E-state index contributed by atoms with van der Waals surface area (Å²) in [6.07, 6.45) is 5.02. The van der Waals surface area contributed by atoms with Crippen molar-refractivity contribution in [2.45, 2.75) is 19.3 Å². The Labute approximate surface area is 98.0 Å². The minimum atomic E-state index is 0.873. The summed E-state index contributed by atoms with van der Waals surface area (Å²) in [5.41, 5.74) is 0. The number of carbonyl (C=O) groups excluding carboxylic acids is 1. The molecule has 0 aromatic heterocycles. The average Bonchev–Trinajstić information content (AvgIpc) is 2.38. The number of amides is 1. The molecule has 0 radical (unpaired) electrons. The van der Waals surface area contributed by atoms with Crippen molar-refractivity contribution in [1.82, 2.24) is 15.1 Å². The highest BCUT2D eigenvalue weighted by molar-refractivity contribution is 5.47. The van der Waals surface area contributed by atoms with Crippen LogP contribution in [0.4, 0.5) is 0 Å². The van der Waals surface area contributed by atoms with E-state index in [4.69, 9.17) is 0 Å². The van der Waals surface area contributed by atoms with E-state index in [0.29, 0.717) is 0 Å². The summed E-state index contributed by atoms with van der Waals surface area (Å²) < 4.78 is 0. The molecule has 2 aliphatic rings. The van der Waals surface area contributed by atoms with Gasteiger partial charge in [-0.1, -0.05) is 0 Å². The zero-order valence-corrected chi connectivity index (χ0v) is 10.0. The highest BCUT2D eigenvalue weighted by Crippen LogP contribution is 2.14. The third-order valence-corrected chi connectivity index (χ3v) is 3.81. The van der Waals surface area contributed by atoms with Crippen molar-refractivity contribution in [3.63, 3.8) is 0 Å². The molecule has 0 saturated carbocycles. The predicted molar refractivity (Wildman–Crippen MR) is 64.3 cm³/mol. The van der Waals surface area contributed by atoms with Gasteiger partial charge in [0.05, 0.1) is 0 Å². The fraction of sp³-hybridized carbons (Fsp3) is 0.917. The molecule has 0 aliphatic carbocycles. The molecule has 2 saturated heterocycles. The van der Waals surface area contributed by atoms with Crippen molar-refractivity contribution in [2.24, 2.45) is 5.92 Å². The van der Waals surface area contributed by atoms with E-state index in [-0.39, 0.29) is 0 Å². The number of piperazine rings is 1. The largest absolute Gasteiger partial charge is 0.343 e. The van der Waals surface area contributed by atoms with Gasteiger partial charge < -0.3 is 10.2 Å². The fourth-order valence-electron chi connectivity index (χ4n) is 2.63. The van der Waals surface area contributed by atoms with Crippen molar-refractivity contribution in [3.05, 3.63) is 0 Å². The topological polar surface area (TPSA) is 35.6 Å². The van der Waals surface area contributed by atoms with Gasteiger partial charge in [-0.15, -0.1) is 0 Å². The van der Waals surface area contributed by atoms with Crippen LogP contribution in [-0.2, 0) is 4.79 Å². The highest BCUT2D eigenvalue weighted by Gasteiger charge is 2.18. The number of nitrogens with zero attached hydrogens (tertiary/aromatic N) is 2. The maximum atomic E-state index is 10.6. The van der Waals surface area contributed by atoms with Crippen molar-refractivity contribution < 1.29 is 4.79 Å². The van der Waals surface area contributed by atoms with Gasteiger partial charge in [0, 0.05) is 26.2 Å². The van der Waals surface area contributed by atoms with Gasteiger partial charge in [-0.2, -0.15) is 0 Å². The molecule has 92 valence electrons. The molecule has 1 N–H and O–H groups in total. The van der Waals surface area contributed by atoms with Crippen LogP contribution in [0.15, 0.2) is 0 Å². The van der Waals surface area contributed by atoms with Gasteiger partial charge in [0.1, 0.15) is 0 Å². The Morgan fingerprint density at radius 2 is 2.06 bits per heavy atom. The molecule has 2 heterocycles. The molecule has 1 atom stereocenters. The monoisotopic (exact) mass is 225 g/mol. The number of nitrogens with one attached hydrogen (secondary N) is 1. The summed E-state index contributed by atoms with van der Waals surface area (Å²) in [7, 11) is 0. The van der Waals surface area contributed by atoms with Gasteiger partial charge in [-0.25, -0.2) is 0 Å². The zero-order valence-electron chi connectivity index (χ0n) is 10.0. The first-order chi connectivity index (χ1) is 7.88. The Morgan fingerprint density at radius 3 is 2.69 bits per heavy atom. The lowest BCUT2D eigenvalue weighted by atomic mass is 9.96. The summed E-state index contributed by atoms with van der Waals surface area (Å²) in [4.78, 5) is 14.9. The maximum Gasteiger partial charge on any atom is 0.209 e. The Balaban J connectivity index is 1.61. The van der Waals surface area contributed by atoms with Crippen molar-refractivity contribution in [1.29, 1.82) is 0 Å². The zero-order chi connectivity index (χ0) is 11.2. The SMILES string of the molecule is O=CN1CCN(CCC2CCCNC2)CC1. The Hall–Kier alpha value is -0.610. The number of rotatable bonds is 4. The number of hydrogen-bond acceptors (Lipinski definition) is 3. The molecule has 0 spiro atoms. The second-order valence-corrected chi connectivity index (χ2v) is 4.98. The van der Waals surface area contributed by atoms with E-state index in [9.17, 15) is 4.79 Å². The molecule has 4 nitrogen and oxygen atoms in total. The summed E-state index contributed by atoms with van der Waals surface area (Å²) in [6.45, 7) is 7.54. The average molecular weight is 225 g/mol. The van der Waals surface area contributed by atoms with E-state index in [1.54, 1.807) is 0 Å². The molecule has 4 heteroatoms. The lowest BCUT2D eigenvalue weighted by Gasteiger charge is -2.33. The van der Waals surface area contributed by atoms with Gasteiger partial charge in [-0.3, -0.25) is 9.69 Å². The second kappa shape index (κ2) is 6.21. The number of hydrogen-bond donors (Lipinski definition) is 1. The molecule has 1 amide bonds. The molecule has 2 rings (SSSR count).